The first kappa shape index (κ1) is 21.2. The van der Waals surface area contributed by atoms with E-state index in [-0.39, 0.29) is 6.09 Å². The van der Waals surface area contributed by atoms with Crippen LogP contribution in [0.3, 0.4) is 0 Å². The van der Waals surface area contributed by atoms with E-state index in [0.29, 0.717) is 35.4 Å². The van der Waals surface area contributed by atoms with Gasteiger partial charge in [0.05, 0.1) is 12.2 Å². The van der Waals surface area contributed by atoms with Crippen molar-refractivity contribution in [2.24, 2.45) is 5.92 Å². The average molecular weight is 451 g/mol. The first-order valence-electron chi connectivity index (χ1n) is 11.0. The van der Waals surface area contributed by atoms with Gasteiger partial charge in [-0.05, 0) is 68.0 Å². The number of nitrogens with one attached hydrogen (secondary N) is 1. The Morgan fingerprint density at radius 3 is 2.52 bits per heavy atom. The molecule has 0 atom stereocenters. The lowest BCUT2D eigenvalue weighted by Crippen LogP contribution is -2.39. The molecule has 1 aliphatic carbocycles. The van der Waals surface area contributed by atoms with E-state index in [4.69, 9.17) is 4.74 Å². The second-order valence-corrected chi connectivity index (χ2v) is 8.61. The fourth-order valence-corrected chi connectivity index (χ4v) is 4.51. The van der Waals surface area contributed by atoms with E-state index >= 15 is 0 Å². The molecular weight excluding hydrogens is 428 g/mol. The van der Waals surface area contributed by atoms with Crippen LogP contribution in [0.15, 0.2) is 54.7 Å². The normalized spacial score (nSPS) is 22.4. The van der Waals surface area contributed by atoms with Gasteiger partial charge < -0.3 is 10.1 Å². The molecule has 7 nitrogen and oxygen atoms in total. The zero-order chi connectivity index (χ0) is 22.8. The number of pyridine rings is 1. The predicted molar refractivity (Wildman–Crippen MR) is 119 cm³/mol. The Balaban J connectivity index is 1.14. The fourth-order valence-electron chi connectivity index (χ4n) is 4.51. The molecule has 1 aromatic carbocycles. The summed E-state index contributed by atoms with van der Waals surface area (Å²) in [5.41, 5.74) is 0.293. The highest BCUT2D eigenvalue weighted by atomic mass is 19.1. The predicted octanol–water partition coefficient (Wildman–Crippen LogP) is 4.81. The van der Waals surface area contributed by atoms with E-state index in [1.807, 2.05) is 18.2 Å². The molecule has 2 aromatic heterocycles. The number of amides is 1. The fraction of sp³-hybridized carbons (Fsp3) is 0.333. The molecule has 2 aliphatic rings. The summed E-state index contributed by atoms with van der Waals surface area (Å²) in [4.78, 5) is 18.3. The third kappa shape index (κ3) is 4.62. The molecule has 3 aromatic rings. The quantitative estimate of drug-likeness (QED) is 0.600. The molecule has 1 saturated carbocycles. The maximum atomic E-state index is 13.4. The van der Waals surface area contributed by atoms with Crippen LogP contribution in [0, 0.1) is 17.6 Å². The van der Waals surface area contributed by atoms with Crippen molar-refractivity contribution >= 4 is 17.7 Å². The molecule has 9 heteroatoms. The summed E-state index contributed by atoms with van der Waals surface area (Å²) in [6.07, 6.45) is 4.77. The van der Waals surface area contributed by atoms with Crippen molar-refractivity contribution in [3.63, 3.8) is 0 Å². The first-order valence-corrected chi connectivity index (χ1v) is 11.0. The number of hydrogen-bond acceptors (Lipinski definition) is 6. The van der Waals surface area contributed by atoms with Crippen molar-refractivity contribution in [1.82, 2.24) is 15.2 Å². The number of carbonyl (C=O) groups excluding carboxylic acids is 1. The van der Waals surface area contributed by atoms with E-state index in [9.17, 15) is 13.6 Å². The summed E-state index contributed by atoms with van der Waals surface area (Å²) in [6, 6.07) is 12.2. The summed E-state index contributed by atoms with van der Waals surface area (Å²) >= 11 is 0. The smallest absolute Gasteiger partial charge is 0.416 e. The van der Waals surface area contributed by atoms with E-state index in [1.165, 1.54) is 12.1 Å². The molecule has 1 amide bonds. The number of aromatic nitrogens is 3. The highest BCUT2D eigenvalue weighted by Gasteiger charge is 2.47. The molecule has 0 unspecified atom stereocenters. The van der Waals surface area contributed by atoms with Gasteiger partial charge in [0.15, 0.2) is 0 Å². The van der Waals surface area contributed by atoms with E-state index in [0.717, 1.165) is 38.3 Å². The topological polar surface area (TPSA) is 80.2 Å². The number of hydrogen-bond donors (Lipinski definition) is 1. The van der Waals surface area contributed by atoms with Crippen LogP contribution in [0.2, 0.25) is 0 Å². The average Bonchev–Trinajstić information content (AvgIpc) is 3.14. The SMILES string of the molecule is O=C1O[C@]2(CC[C@H](CNc3ccc(-c4cc(F)cc(F)c4)nn3)CC2)CN1c1ccccn1. The zero-order valence-corrected chi connectivity index (χ0v) is 17.9. The summed E-state index contributed by atoms with van der Waals surface area (Å²) in [5, 5.41) is 11.5. The molecule has 2 fully saturated rings. The summed E-state index contributed by atoms with van der Waals surface area (Å²) < 4.78 is 32.6. The number of ether oxygens (including phenoxy) is 1. The Morgan fingerprint density at radius 1 is 1.06 bits per heavy atom. The lowest BCUT2D eigenvalue weighted by atomic mass is 9.78. The monoisotopic (exact) mass is 451 g/mol. The van der Waals surface area contributed by atoms with E-state index in [1.54, 1.807) is 23.2 Å². The minimum Gasteiger partial charge on any atom is -0.441 e. The number of rotatable bonds is 5. The standard InChI is InChI=1S/C24H23F2N5O2/c25-18-11-17(12-19(26)13-18)20-4-5-21(30-29-20)28-14-16-6-8-24(9-7-16)15-31(23(32)33-24)22-3-1-2-10-27-22/h1-5,10-13,16H,6-9,14-15H2,(H,28,30)/t16-,24-. The van der Waals surface area contributed by atoms with Gasteiger partial charge in [-0.25, -0.2) is 18.6 Å². The highest BCUT2D eigenvalue weighted by Crippen LogP contribution is 2.40. The molecular formula is C24H23F2N5O2. The van der Waals surface area contributed by atoms with Gasteiger partial charge in [-0.2, -0.15) is 0 Å². The number of nitrogens with zero attached hydrogens (tertiary/aromatic N) is 4. The van der Waals surface area contributed by atoms with Gasteiger partial charge in [0.1, 0.15) is 28.9 Å². The minimum absolute atomic E-state index is 0.334. The third-order valence-electron chi connectivity index (χ3n) is 6.31. The molecule has 0 bridgehead atoms. The largest absolute Gasteiger partial charge is 0.441 e. The van der Waals surface area contributed by atoms with Gasteiger partial charge in [-0.1, -0.05) is 6.07 Å². The van der Waals surface area contributed by atoms with Crippen LogP contribution in [-0.2, 0) is 4.74 Å². The van der Waals surface area contributed by atoms with Crippen LogP contribution in [0.1, 0.15) is 25.7 Å². The Morgan fingerprint density at radius 2 is 1.85 bits per heavy atom. The van der Waals surface area contributed by atoms with E-state index < -0.39 is 17.2 Å². The van der Waals surface area contributed by atoms with Gasteiger partial charge in [0.2, 0.25) is 0 Å². The lowest BCUT2D eigenvalue weighted by molar-refractivity contribution is 0.0148. The van der Waals surface area contributed by atoms with Crippen LogP contribution in [-0.4, -0.2) is 40.0 Å². The third-order valence-corrected chi connectivity index (χ3v) is 6.31. The van der Waals surface area contributed by atoms with Crippen LogP contribution in [0.4, 0.5) is 25.2 Å². The van der Waals surface area contributed by atoms with Crippen molar-refractivity contribution in [3.05, 3.63) is 66.4 Å². The van der Waals surface area contributed by atoms with Crippen LogP contribution >= 0.6 is 0 Å². The molecule has 1 N–H and O–H groups in total. The van der Waals surface area contributed by atoms with Crippen molar-refractivity contribution < 1.29 is 18.3 Å². The Hall–Kier alpha value is -3.62. The van der Waals surface area contributed by atoms with Crippen LogP contribution < -0.4 is 10.2 Å². The van der Waals surface area contributed by atoms with Crippen molar-refractivity contribution in [2.45, 2.75) is 31.3 Å². The van der Waals surface area contributed by atoms with Gasteiger partial charge in [0, 0.05) is 24.4 Å². The summed E-state index contributed by atoms with van der Waals surface area (Å²) in [5.74, 6) is 0.327. The second-order valence-electron chi connectivity index (χ2n) is 8.61. The minimum atomic E-state index is -0.653. The highest BCUT2D eigenvalue weighted by molar-refractivity contribution is 5.89. The van der Waals surface area contributed by atoms with Crippen molar-refractivity contribution in [1.29, 1.82) is 0 Å². The number of benzene rings is 1. The molecule has 0 radical (unpaired) electrons. The van der Waals surface area contributed by atoms with Gasteiger partial charge >= 0.3 is 6.09 Å². The van der Waals surface area contributed by atoms with Gasteiger partial charge in [0.25, 0.3) is 0 Å². The first-order chi connectivity index (χ1) is 16.0. The van der Waals surface area contributed by atoms with Crippen LogP contribution in [0.5, 0.6) is 0 Å². The molecule has 3 heterocycles. The maximum absolute atomic E-state index is 13.4. The Kier molecular flexibility index (Phi) is 5.62. The molecule has 1 aliphatic heterocycles. The van der Waals surface area contributed by atoms with Crippen molar-refractivity contribution in [2.75, 3.05) is 23.3 Å². The summed E-state index contributed by atoms with van der Waals surface area (Å²) in [6.45, 7) is 1.24. The zero-order valence-electron chi connectivity index (χ0n) is 17.9. The van der Waals surface area contributed by atoms with Crippen LogP contribution in [0.25, 0.3) is 11.3 Å². The molecule has 5 rings (SSSR count). The van der Waals surface area contributed by atoms with Gasteiger partial charge in [-0.15, -0.1) is 10.2 Å². The maximum Gasteiger partial charge on any atom is 0.416 e. The molecule has 170 valence electrons. The van der Waals surface area contributed by atoms with E-state index in [2.05, 4.69) is 20.5 Å². The Bertz CT molecular complexity index is 1120. The number of carbonyl (C=O) groups is 1. The Labute approximate surface area is 189 Å². The van der Waals surface area contributed by atoms with Crippen molar-refractivity contribution in [3.8, 4) is 11.3 Å². The molecule has 1 spiro atoms. The lowest BCUT2D eigenvalue weighted by Gasteiger charge is -2.35. The second kappa shape index (κ2) is 8.73. The number of anilines is 2. The number of halogens is 2. The van der Waals surface area contributed by atoms with Gasteiger partial charge in [-0.3, -0.25) is 4.90 Å². The summed E-state index contributed by atoms with van der Waals surface area (Å²) in [7, 11) is 0. The molecule has 1 saturated heterocycles. The molecule has 33 heavy (non-hydrogen) atoms.